The lowest BCUT2D eigenvalue weighted by molar-refractivity contribution is -0.121. The van der Waals surface area contributed by atoms with Gasteiger partial charge in [-0.3, -0.25) is 4.79 Å². The Hall–Kier alpha value is -1.65. The molecule has 0 heterocycles. The maximum Gasteiger partial charge on any atom is 0.402 e. The summed E-state index contributed by atoms with van der Waals surface area (Å²) in [6.07, 6.45) is -4.65. The maximum atomic E-state index is 12.1. The molecule has 1 atom stereocenters. The molecule has 0 saturated carbocycles. The highest BCUT2D eigenvalue weighted by molar-refractivity contribution is 7.89. The summed E-state index contributed by atoms with van der Waals surface area (Å²) in [6.45, 7) is 3.71. The van der Waals surface area contributed by atoms with Crippen LogP contribution >= 0.6 is 0 Å². The van der Waals surface area contributed by atoms with E-state index in [9.17, 15) is 26.4 Å². The zero-order valence-electron chi connectivity index (χ0n) is 13.4. The predicted molar refractivity (Wildman–Crippen MR) is 83.7 cm³/mol. The zero-order chi connectivity index (χ0) is 18.8. The van der Waals surface area contributed by atoms with Crippen LogP contribution in [-0.2, 0) is 14.8 Å². The quantitative estimate of drug-likeness (QED) is 0.739. The second-order valence-electron chi connectivity index (χ2n) is 6.30. The summed E-state index contributed by atoms with van der Waals surface area (Å²) >= 11 is 0. The van der Waals surface area contributed by atoms with E-state index in [4.69, 9.17) is 5.73 Å². The molecule has 1 rings (SSSR count). The molecule has 0 aliphatic rings. The van der Waals surface area contributed by atoms with Gasteiger partial charge in [0.25, 0.3) is 0 Å². The average Bonchev–Trinajstić information content (AvgIpc) is 2.43. The van der Waals surface area contributed by atoms with Gasteiger partial charge >= 0.3 is 6.18 Å². The van der Waals surface area contributed by atoms with Crippen molar-refractivity contribution in [3.8, 4) is 0 Å². The number of nitrogens with two attached hydrogens (primary N) is 1. The van der Waals surface area contributed by atoms with Crippen LogP contribution in [0.1, 0.15) is 20.8 Å². The van der Waals surface area contributed by atoms with Gasteiger partial charge in [0.05, 0.1) is 10.9 Å². The van der Waals surface area contributed by atoms with Gasteiger partial charge in [-0.1, -0.05) is 20.8 Å². The van der Waals surface area contributed by atoms with E-state index in [1.54, 1.807) is 20.8 Å². The molecule has 0 fully saturated rings. The summed E-state index contributed by atoms with van der Waals surface area (Å²) in [6, 6.07) is 3.95. The predicted octanol–water partition coefficient (Wildman–Crippen LogP) is 1.84. The fourth-order valence-corrected chi connectivity index (χ4v) is 2.61. The first-order valence-corrected chi connectivity index (χ1v) is 8.43. The number of hydrogen-bond acceptors (Lipinski definition) is 4. The van der Waals surface area contributed by atoms with Crippen molar-refractivity contribution in [3.63, 3.8) is 0 Å². The second kappa shape index (κ2) is 7.08. The van der Waals surface area contributed by atoms with E-state index in [0.29, 0.717) is 0 Å². The minimum absolute atomic E-state index is 0.287. The molecule has 6 nitrogen and oxygen atoms in total. The highest BCUT2D eigenvalue weighted by Gasteiger charge is 2.30. The molecular weight excluding hydrogens is 347 g/mol. The highest BCUT2D eigenvalue weighted by atomic mass is 32.2. The van der Waals surface area contributed by atoms with E-state index in [1.165, 1.54) is 16.9 Å². The highest BCUT2D eigenvalue weighted by Crippen LogP contribution is 2.20. The van der Waals surface area contributed by atoms with Crippen LogP contribution in [-0.4, -0.2) is 33.1 Å². The summed E-state index contributed by atoms with van der Waals surface area (Å²) in [5.74, 6) is -0.451. The summed E-state index contributed by atoms with van der Waals surface area (Å²) in [7, 11) is -4.29. The molecule has 0 aliphatic heterocycles. The maximum absolute atomic E-state index is 12.1. The second-order valence-corrected chi connectivity index (χ2v) is 8.06. The molecule has 4 N–H and O–H groups in total. The van der Waals surface area contributed by atoms with Gasteiger partial charge in [-0.15, -0.1) is 0 Å². The minimum Gasteiger partial charge on any atom is -0.325 e. The number of halogens is 3. The van der Waals surface area contributed by atoms with Gasteiger partial charge in [0, 0.05) is 5.69 Å². The number of carbonyl (C=O) groups excluding carboxylic acids is 1. The summed E-state index contributed by atoms with van der Waals surface area (Å²) in [4.78, 5) is 11.6. The van der Waals surface area contributed by atoms with Crippen LogP contribution in [0.2, 0.25) is 0 Å². The van der Waals surface area contributed by atoms with Crippen LogP contribution in [0.25, 0.3) is 0 Å². The molecule has 0 radical (unpaired) electrons. The van der Waals surface area contributed by atoms with Crippen molar-refractivity contribution >= 4 is 21.6 Å². The van der Waals surface area contributed by atoms with Crippen molar-refractivity contribution in [2.45, 2.75) is 37.9 Å². The lowest BCUT2D eigenvalue weighted by Gasteiger charge is -2.25. The van der Waals surface area contributed by atoms with Gasteiger partial charge in [0.1, 0.15) is 6.54 Å². The van der Waals surface area contributed by atoms with Crippen molar-refractivity contribution in [1.29, 1.82) is 0 Å². The first-order valence-electron chi connectivity index (χ1n) is 6.95. The Kier molecular flexibility index (Phi) is 6.01. The Morgan fingerprint density at radius 3 is 2.08 bits per heavy atom. The summed E-state index contributed by atoms with van der Waals surface area (Å²) < 4.78 is 61.2. The number of carbonyl (C=O) groups is 1. The van der Waals surface area contributed by atoms with Crippen LogP contribution in [0.15, 0.2) is 29.2 Å². The van der Waals surface area contributed by atoms with E-state index in [-0.39, 0.29) is 10.6 Å². The lowest BCUT2D eigenvalue weighted by Crippen LogP contribution is -2.45. The molecule has 0 unspecified atom stereocenters. The Labute approximate surface area is 138 Å². The van der Waals surface area contributed by atoms with Crippen molar-refractivity contribution in [1.82, 2.24) is 4.72 Å². The van der Waals surface area contributed by atoms with Gasteiger partial charge in [0.2, 0.25) is 15.9 Å². The van der Waals surface area contributed by atoms with Crippen LogP contribution in [0.4, 0.5) is 18.9 Å². The topological polar surface area (TPSA) is 101 Å². The van der Waals surface area contributed by atoms with Gasteiger partial charge in [0.15, 0.2) is 0 Å². The number of rotatable bonds is 5. The molecule has 136 valence electrons. The van der Waals surface area contributed by atoms with Crippen molar-refractivity contribution in [2.24, 2.45) is 11.1 Å². The third-order valence-electron chi connectivity index (χ3n) is 3.11. The van der Waals surface area contributed by atoms with Gasteiger partial charge in [-0.25, -0.2) is 13.1 Å². The van der Waals surface area contributed by atoms with Crippen LogP contribution in [0, 0.1) is 5.41 Å². The number of anilines is 1. The fraction of sp³-hybridized carbons (Fsp3) is 0.500. The number of alkyl halides is 3. The van der Waals surface area contributed by atoms with E-state index in [0.717, 1.165) is 12.1 Å². The van der Waals surface area contributed by atoms with Crippen molar-refractivity contribution in [2.75, 3.05) is 11.9 Å². The zero-order valence-corrected chi connectivity index (χ0v) is 14.3. The van der Waals surface area contributed by atoms with Gasteiger partial charge in [-0.05, 0) is 29.7 Å². The van der Waals surface area contributed by atoms with E-state index in [2.05, 4.69) is 5.32 Å². The molecule has 0 aliphatic carbocycles. The molecule has 24 heavy (non-hydrogen) atoms. The normalized spacial score (nSPS) is 14.3. The van der Waals surface area contributed by atoms with E-state index >= 15 is 0 Å². The Morgan fingerprint density at radius 1 is 1.17 bits per heavy atom. The molecular formula is C14H20F3N3O3S. The average molecular weight is 367 g/mol. The molecule has 10 heteroatoms. The van der Waals surface area contributed by atoms with E-state index < -0.39 is 40.1 Å². The Balaban J connectivity index is 2.81. The van der Waals surface area contributed by atoms with Gasteiger partial charge in [-0.2, -0.15) is 13.2 Å². The fourth-order valence-electron chi connectivity index (χ4n) is 1.59. The minimum atomic E-state index is -4.65. The molecule has 1 amide bonds. The van der Waals surface area contributed by atoms with Crippen molar-refractivity contribution in [3.05, 3.63) is 24.3 Å². The van der Waals surface area contributed by atoms with Crippen LogP contribution in [0.5, 0.6) is 0 Å². The lowest BCUT2D eigenvalue weighted by atomic mass is 9.87. The SMILES string of the molecule is CC(C)(C)[C@H](N)C(=O)Nc1ccc(S(=O)(=O)NCC(F)(F)F)cc1. The smallest absolute Gasteiger partial charge is 0.325 e. The third kappa shape index (κ3) is 6.10. The molecule has 0 saturated heterocycles. The standard InChI is InChI=1S/C14H20F3N3O3S/c1-13(2,3)11(18)12(21)20-9-4-6-10(7-5-9)24(22,23)19-8-14(15,16)17/h4-7,11,19H,8,18H2,1-3H3,(H,20,21)/t11-/m1/s1. The Bertz CT molecular complexity index is 680. The van der Waals surface area contributed by atoms with Crippen LogP contribution in [0.3, 0.4) is 0 Å². The number of amides is 1. The molecule has 0 aromatic heterocycles. The molecule has 0 spiro atoms. The van der Waals surface area contributed by atoms with Crippen molar-refractivity contribution < 1.29 is 26.4 Å². The van der Waals surface area contributed by atoms with E-state index in [1.807, 2.05) is 0 Å². The molecule has 1 aromatic rings. The number of benzene rings is 1. The summed E-state index contributed by atoms with van der Waals surface area (Å²) in [5.41, 5.74) is 5.62. The molecule has 0 bridgehead atoms. The third-order valence-corrected chi connectivity index (χ3v) is 4.53. The summed E-state index contributed by atoms with van der Waals surface area (Å²) in [5, 5.41) is 2.52. The largest absolute Gasteiger partial charge is 0.402 e. The monoisotopic (exact) mass is 367 g/mol. The van der Waals surface area contributed by atoms with Crippen LogP contribution < -0.4 is 15.8 Å². The number of nitrogens with one attached hydrogen (secondary N) is 2. The first kappa shape index (κ1) is 20.4. The number of sulfonamides is 1. The molecule has 1 aromatic carbocycles. The first-order chi connectivity index (χ1) is 10.7. The van der Waals surface area contributed by atoms with Gasteiger partial charge < -0.3 is 11.1 Å². The Morgan fingerprint density at radius 2 is 1.67 bits per heavy atom. The number of hydrogen-bond donors (Lipinski definition) is 3.